The fraction of sp³-hybridized carbons (Fsp3) is 0.571. The molecule has 1 aromatic rings. The summed E-state index contributed by atoms with van der Waals surface area (Å²) in [6.07, 6.45) is 4.93. The third-order valence-corrected chi connectivity index (χ3v) is 3.64. The number of aryl methyl sites for hydroxylation is 1. The molecular formula is C14H22N4O2. The largest absolute Gasteiger partial charge is 0.397 e. The molecule has 0 spiro atoms. The molecule has 1 aromatic heterocycles. The number of nitrogen functional groups attached to an aromatic ring is 1. The van der Waals surface area contributed by atoms with E-state index >= 15 is 0 Å². The predicted octanol–water partition coefficient (Wildman–Crippen LogP) is 0.738. The van der Waals surface area contributed by atoms with Gasteiger partial charge in [0.25, 0.3) is 5.91 Å². The molecule has 1 fully saturated rings. The Bertz CT molecular complexity index is 503. The van der Waals surface area contributed by atoms with E-state index in [1.807, 2.05) is 4.90 Å². The van der Waals surface area contributed by atoms with Crippen molar-refractivity contribution in [3.05, 3.63) is 18.0 Å². The van der Waals surface area contributed by atoms with E-state index in [1.54, 1.807) is 30.8 Å². The van der Waals surface area contributed by atoms with Gasteiger partial charge in [0.05, 0.1) is 5.69 Å². The first-order valence-electron chi connectivity index (χ1n) is 7.00. The molecule has 20 heavy (non-hydrogen) atoms. The highest BCUT2D eigenvalue weighted by molar-refractivity contribution is 5.97. The number of amides is 2. The second kappa shape index (κ2) is 5.98. The third kappa shape index (κ3) is 3.12. The lowest BCUT2D eigenvalue weighted by Crippen LogP contribution is -2.48. The quantitative estimate of drug-likeness (QED) is 0.855. The zero-order valence-electron chi connectivity index (χ0n) is 12.1. The average Bonchev–Trinajstić information content (AvgIpc) is 2.78. The van der Waals surface area contributed by atoms with Crippen LogP contribution in [0.4, 0.5) is 5.69 Å². The smallest absolute Gasteiger partial charge is 0.268 e. The lowest BCUT2D eigenvalue weighted by atomic mass is 10.1. The standard InChI is InChI=1S/C14H22N4O2/c1-10(14(20)18-6-4-3-5-7-18)16-13(19)12-8-11(15)9-17(12)2/h8-10H,3-7,15H2,1-2H3,(H,16,19). The van der Waals surface area contributed by atoms with Crippen molar-refractivity contribution in [2.45, 2.75) is 32.2 Å². The number of nitrogens with one attached hydrogen (secondary N) is 1. The molecule has 6 heteroatoms. The van der Waals surface area contributed by atoms with E-state index in [0.717, 1.165) is 25.9 Å². The van der Waals surface area contributed by atoms with Crippen LogP contribution in [0.25, 0.3) is 0 Å². The van der Waals surface area contributed by atoms with Gasteiger partial charge in [0.1, 0.15) is 11.7 Å². The van der Waals surface area contributed by atoms with Gasteiger partial charge in [-0.25, -0.2) is 0 Å². The molecule has 0 aromatic carbocycles. The Morgan fingerprint density at radius 3 is 2.50 bits per heavy atom. The summed E-state index contributed by atoms with van der Waals surface area (Å²) >= 11 is 0. The van der Waals surface area contributed by atoms with Crippen molar-refractivity contribution in [1.82, 2.24) is 14.8 Å². The summed E-state index contributed by atoms with van der Waals surface area (Å²) in [5.74, 6) is -0.290. The fourth-order valence-electron chi connectivity index (χ4n) is 2.54. The van der Waals surface area contributed by atoms with Crippen molar-refractivity contribution in [3.8, 4) is 0 Å². The van der Waals surface area contributed by atoms with Gasteiger partial charge in [0.2, 0.25) is 5.91 Å². The van der Waals surface area contributed by atoms with Gasteiger partial charge in [-0.1, -0.05) is 0 Å². The number of carbonyl (C=O) groups excluding carboxylic acids is 2. The molecule has 110 valence electrons. The van der Waals surface area contributed by atoms with E-state index in [0.29, 0.717) is 11.4 Å². The third-order valence-electron chi connectivity index (χ3n) is 3.64. The first-order chi connectivity index (χ1) is 9.49. The number of carbonyl (C=O) groups is 2. The Kier molecular flexibility index (Phi) is 4.32. The van der Waals surface area contributed by atoms with E-state index in [9.17, 15) is 9.59 Å². The number of hydrogen-bond donors (Lipinski definition) is 2. The zero-order chi connectivity index (χ0) is 14.7. The van der Waals surface area contributed by atoms with Crippen LogP contribution in [-0.2, 0) is 11.8 Å². The SMILES string of the molecule is CC(NC(=O)c1cc(N)cn1C)C(=O)N1CCCCC1. The minimum absolute atomic E-state index is 0.0137. The molecule has 1 saturated heterocycles. The number of likely N-dealkylation sites (tertiary alicyclic amines) is 1. The number of piperidine rings is 1. The Morgan fingerprint density at radius 1 is 1.30 bits per heavy atom. The summed E-state index contributed by atoms with van der Waals surface area (Å²) < 4.78 is 1.66. The lowest BCUT2D eigenvalue weighted by molar-refractivity contribution is -0.133. The summed E-state index contributed by atoms with van der Waals surface area (Å²) in [6, 6.07) is 1.09. The van der Waals surface area contributed by atoms with E-state index in [2.05, 4.69) is 5.32 Å². The molecule has 1 aliphatic heterocycles. The van der Waals surface area contributed by atoms with Crippen molar-refractivity contribution >= 4 is 17.5 Å². The number of aromatic nitrogens is 1. The number of nitrogens with two attached hydrogens (primary N) is 1. The van der Waals surface area contributed by atoms with Crippen LogP contribution in [0.2, 0.25) is 0 Å². The van der Waals surface area contributed by atoms with Crippen LogP contribution in [0.5, 0.6) is 0 Å². The van der Waals surface area contributed by atoms with Crippen LogP contribution >= 0.6 is 0 Å². The first kappa shape index (κ1) is 14.4. The molecular weight excluding hydrogens is 256 g/mol. The van der Waals surface area contributed by atoms with Gasteiger partial charge in [-0.05, 0) is 32.3 Å². The number of rotatable bonds is 3. The van der Waals surface area contributed by atoms with Crippen molar-refractivity contribution in [2.24, 2.45) is 7.05 Å². The van der Waals surface area contributed by atoms with E-state index in [1.165, 1.54) is 6.42 Å². The Labute approximate surface area is 118 Å². The van der Waals surface area contributed by atoms with E-state index < -0.39 is 6.04 Å². The van der Waals surface area contributed by atoms with Gasteiger partial charge in [-0.2, -0.15) is 0 Å². The van der Waals surface area contributed by atoms with Crippen molar-refractivity contribution in [2.75, 3.05) is 18.8 Å². The minimum Gasteiger partial charge on any atom is -0.397 e. The fourth-order valence-corrected chi connectivity index (χ4v) is 2.54. The number of hydrogen-bond acceptors (Lipinski definition) is 3. The summed E-state index contributed by atoms with van der Waals surface area (Å²) in [7, 11) is 1.75. The molecule has 6 nitrogen and oxygen atoms in total. The maximum Gasteiger partial charge on any atom is 0.268 e. The minimum atomic E-state index is -0.517. The number of anilines is 1. The molecule has 0 radical (unpaired) electrons. The molecule has 3 N–H and O–H groups in total. The van der Waals surface area contributed by atoms with Gasteiger partial charge in [-0.15, -0.1) is 0 Å². The first-order valence-corrected chi connectivity index (χ1v) is 7.00. The van der Waals surface area contributed by atoms with Gasteiger partial charge in [0, 0.05) is 26.3 Å². The van der Waals surface area contributed by atoms with E-state index in [-0.39, 0.29) is 11.8 Å². The van der Waals surface area contributed by atoms with Gasteiger partial charge in [-0.3, -0.25) is 9.59 Å². The molecule has 1 aliphatic rings. The van der Waals surface area contributed by atoms with Crippen LogP contribution in [-0.4, -0.2) is 40.4 Å². The molecule has 0 bridgehead atoms. The highest BCUT2D eigenvalue weighted by Gasteiger charge is 2.24. The Hall–Kier alpha value is -1.98. The van der Waals surface area contributed by atoms with Crippen molar-refractivity contribution in [3.63, 3.8) is 0 Å². The average molecular weight is 278 g/mol. The maximum absolute atomic E-state index is 12.2. The Balaban J connectivity index is 1.96. The molecule has 2 heterocycles. The molecule has 1 atom stereocenters. The van der Waals surface area contributed by atoms with Gasteiger partial charge >= 0.3 is 0 Å². The highest BCUT2D eigenvalue weighted by atomic mass is 16.2. The highest BCUT2D eigenvalue weighted by Crippen LogP contribution is 2.11. The zero-order valence-corrected chi connectivity index (χ0v) is 12.1. The summed E-state index contributed by atoms with van der Waals surface area (Å²) in [5, 5.41) is 2.74. The van der Waals surface area contributed by atoms with Crippen LogP contribution in [0.3, 0.4) is 0 Å². The normalized spacial score (nSPS) is 16.8. The van der Waals surface area contributed by atoms with Crippen molar-refractivity contribution in [1.29, 1.82) is 0 Å². The topological polar surface area (TPSA) is 80.4 Å². The predicted molar refractivity (Wildman–Crippen MR) is 77.2 cm³/mol. The van der Waals surface area contributed by atoms with Crippen molar-refractivity contribution < 1.29 is 9.59 Å². The van der Waals surface area contributed by atoms with Gasteiger partial charge in [0.15, 0.2) is 0 Å². The second-order valence-electron chi connectivity index (χ2n) is 5.35. The summed E-state index contributed by atoms with van der Waals surface area (Å²) in [6.45, 7) is 3.30. The molecule has 1 unspecified atom stereocenters. The van der Waals surface area contributed by atoms with Gasteiger partial charge < -0.3 is 20.5 Å². The van der Waals surface area contributed by atoms with E-state index in [4.69, 9.17) is 5.73 Å². The summed E-state index contributed by atoms with van der Waals surface area (Å²) in [4.78, 5) is 26.2. The molecule has 2 amide bonds. The van der Waals surface area contributed by atoms with Crippen LogP contribution in [0.15, 0.2) is 12.3 Å². The van der Waals surface area contributed by atoms with Crippen LogP contribution in [0.1, 0.15) is 36.7 Å². The maximum atomic E-state index is 12.2. The summed E-state index contributed by atoms with van der Waals surface area (Å²) in [5.41, 5.74) is 6.64. The monoisotopic (exact) mass is 278 g/mol. The number of nitrogens with zero attached hydrogens (tertiary/aromatic N) is 2. The molecule has 0 aliphatic carbocycles. The van der Waals surface area contributed by atoms with Crippen LogP contribution in [0, 0.1) is 0 Å². The molecule has 2 rings (SSSR count). The van der Waals surface area contributed by atoms with Crippen LogP contribution < -0.4 is 11.1 Å². The second-order valence-corrected chi connectivity index (χ2v) is 5.35. The lowest BCUT2D eigenvalue weighted by Gasteiger charge is -2.29. The molecule has 0 saturated carbocycles. The Morgan fingerprint density at radius 2 is 1.95 bits per heavy atom.